The molecule has 0 aliphatic carbocycles. The molecule has 0 bridgehead atoms. The smallest absolute Gasteiger partial charge is 0.232 e. The van der Waals surface area contributed by atoms with Crippen molar-refractivity contribution < 1.29 is 13.7 Å². The number of rotatable bonds is 9. The van der Waals surface area contributed by atoms with Crippen LogP contribution in [0.15, 0.2) is 220 Å². The summed E-state index contributed by atoms with van der Waals surface area (Å²) in [5.74, 6) is 0. The van der Waals surface area contributed by atoms with Crippen molar-refractivity contribution in [2.24, 2.45) is 0 Å². The van der Waals surface area contributed by atoms with Crippen molar-refractivity contribution in [2.75, 3.05) is 0 Å². The van der Waals surface area contributed by atoms with Crippen LogP contribution in [0.25, 0.3) is 81.7 Å². The number of nitrogens with zero attached hydrogens (tertiary/aromatic N) is 6. The van der Waals surface area contributed by atoms with Crippen molar-refractivity contribution >= 4 is 64.6 Å². The Hall–Kier alpha value is -8.61. The number of hydrogen-bond acceptors (Lipinski definition) is 0. The zero-order valence-corrected chi connectivity index (χ0v) is 39.1. The van der Waals surface area contributed by atoms with Gasteiger partial charge in [-0.3, -0.25) is 0 Å². The molecule has 0 amide bonds. The van der Waals surface area contributed by atoms with Crippen LogP contribution in [0.3, 0.4) is 0 Å². The molecule has 0 radical (unpaired) electrons. The number of aromatic nitrogens is 6. The summed E-state index contributed by atoms with van der Waals surface area (Å²) >= 11 is 0. The van der Waals surface area contributed by atoms with E-state index in [2.05, 4.69) is 268 Å². The Morgan fingerprint density at radius 2 is 0.522 bits per heavy atom. The molecular formula is C63H51N6+3. The minimum atomic E-state index is 0.745. The monoisotopic (exact) mass is 891 g/mol. The van der Waals surface area contributed by atoms with E-state index in [-0.39, 0.29) is 0 Å². The molecule has 3 aromatic heterocycles. The van der Waals surface area contributed by atoms with Crippen LogP contribution < -0.4 is 13.7 Å². The maximum atomic E-state index is 2.36. The SMILES string of the molecule is Cc1c(C[n+]2ccn(-c3c4ccccc4cc4ccccc34)c2)c(C)c(C[n+]2ccn(-c3c4ccccc4cc4ccccc34)c2)c(C)c1C[n+]1ccn(-c2c3ccccc3cc3ccccc23)c1. The van der Waals surface area contributed by atoms with E-state index >= 15 is 0 Å². The molecule has 0 saturated heterocycles. The van der Waals surface area contributed by atoms with Crippen molar-refractivity contribution in [1.29, 1.82) is 0 Å². The molecule has 0 aliphatic heterocycles. The lowest BCUT2D eigenvalue weighted by molar-refractivity contribution is -0.689. The van der Waals surface area contributed by atoms with E-state index in [1.165, 1.54) is 115 Å². The van der Waals surface area contributed by atoms with Gasteiger partial charge in [-0.05, 0) is 88.0 Å². The quantitative estimate of drug-likeness (QED) is 0.102. The van der Waals surface area contributed by atoms with Gasteiger partial charge >= 0.3 is 0 Å². The van der Waals surface area contributed by atoms with Crippen molar-refractivity contribution in [1.82, 2.24) is 13.7 Å². The average Bonchev–Trinajstić information content (AvgIpc) is 4.18. The summed E-state index contributed by atoms with van der Waals surface area (Å²) in [6, 6.07) is 59.4. The first-order valence-electron chi connectivity index (χ1n) is 24.0. The third-order valence-corrected chi connectivity index (χ3v) is 14.8. The van der Waals surface area contributed by atoms with Gasteiger partial charge in [0.25, 0.3) is 0 Å². The minimum Gasteiger partial charge on any atom is -0.232 e. The van der Waals surface area contributed by atoms with Crippen molar-refractivity contribution in [3.63, 3.8) is 0 Å². The molecule has 3 heterocycles. The predicted octanol–water partition coefficient (Wildman–Crippen LogP) is 12.9. The maximum Gasteiger partial charge on any atom is 0.249 e. The third kappa shape index (κ3) is 6.90. The third-order valence-electron chi connectivity index (χ3n) is 14.8. The van der Waals surface area contributed by atoms with Crippen LogP contribution in [0, 0.1) is 20.8 Å². The highest BCUT2D eigenvalue weighted by Gasteiger charge is 2.25. The number of benzene rings is 10. The Morgan fingerprint density at radius 3 is 0.754 bits per heavy atom. The molecule has 330 valence electrons. The fraction of sp³-hybridized carbons (Fsp3) is 0.0952. The highest BCUT2D eigenvalue weighted by molar-refractivity contribution is 6.09. The van der Waals surface area contributed by atoms with Crippen molar-refractivity contribution in [3.05, 3.63) is 253 Å². The maximum absolute atomic E-state index is 2.36. The lowest BCUT2D eigenvalue weighted by Crippen LogP contribution is -2.37. The van der Waals surface area contributed by atoms with E-state index in [1.807, 2.05) is 0 Å². The summed E-state index contributed by atoms with van der Waals surface area (Å²) in [4.78, 5) is 0. The molecule has 13 aromatic rings. The van der Waals surface area contributed by atoms with Gasteiger partial charge in [-0.2, -0.15) is 0 Å². The molecule has 6 heteroatoms. The number of imidazole rings is 3. The van der Waals surface area contributed by atoms with Crippen LogP contribution in [0.5, 0.6) is 0 Å². The zero-order chi connectivity index (χ0) is 46.2. The first kappa shape index (κ1) is 40.6. The van der Waals surface area contributed by atoms with Crippen LogP contribution in [0.1, 0.15) is 33.4 Å². The van der Waals surface area contributed by atoms with Gasteiger partial charge in [0, 0.05) is 49.0 Å². The lowest BCUT2D eigenvalue weighted by Gasteiger charge is -2.20. The number of fused-ring (bicyclic) bond motifs is 6. The van der Waals surface area contributed by atoms with E-state index in [0.29, 0.717) is 0 Å². The molecule has 13 rings (SSSR count). The van der Waals surface area contributed by atoms with Gasteiger partial charge in [-0.1, -0.05) is 146 Å². The molecule has 0 spiro atoms. The van der Waals surface area contributed by atoms with Crippen LogP contribution in [-0.2, 0) is 19.6 Å². The summed E-state index contributed by atoms with van der Waals surface area (Å²) < 4.78 is 14.0. The van der Waals surface area contributed by atoms with Crippen LogP contribution in [0.4, 0.5) is 0 Å². The lowest BCUT2D eigenvalue weighted by atomic mass is 9.87. The highest BCUT2D eigenvalue weighted by atomic mass is 15.1. The molecule has 10 aromatic carbocycles. The van der Waals surface area contributed by atoms with Crippen LogP contribution in [0.2, 0.25) is 0 Å². The Bertz CT molecular complexity index is 3560. The van der Waals surface area contributed by atoms with Gasteiger partial charge in [-0.15, -0.1) is 0 Å². The minimum absolute atomic E-state index is 0.745. The second-order valence-electron chi connectivity index (χ2n) is 18.8. The van der Waals surface area contributed by atoms with Gasteiger partial charge in [0.1, 0.15) is 73.9 Å². The molecular weight excluding hydrogens is 841 g/mol. The number of hydrogen-bond donors (Lipinski definition) is 0. The second kappa shape index (κ2) is 16.3. The Kier molecular flexibility index (Phi) is 9.61. The van der Waals surface area contributed by atoms with Crippen molar-refractivity contribution in [2.45, 2.75) is 40.4 Å². The molecule has 0 N–H and O–H groups in total. The summed E-state index contributed by atoms with van der Waals surface area (Å²) in [6.45, 7) is 9.26. The van der Waals surface area contributed by atoms with Crippen molar-refractivity contribution in [3.8, 4) is 17.1 Å². The topological polar surface area (TPSA) is 26.4 Å². The average molecular weight is 892 g/mol. The standard InChI is InChI=1S/C63H51N6/c1-43-58(37-64-28-31-67(40-64)61-52-22-10-4-16-46(52)34-47-17-5-11-23-53(47)61)44(2)60(39-66-30-33-69(42-66)63-56-26-14-8-20-50(56)36-51-21-9-15-27-57(51)63)45(3)59(43)38-65-29-32-68(41-65)62-54-24-12-6-18-48(54)35-49-19-7-13-25-55(49)62/h4-36,40-42H,37-39H2,1-3H3/q+3. The van der Waals surface area contributed by atoms with Crippen LogP contribution >= 0.6 is 0 Å². The fourth-order valence-corrected chi connectivity index (χ4v) is 11.3. The molecule has 0 saturated carbocycles. The summed E-state index contributed by atoms with van der Waals surface area (Å²) in [5.41, 5.74) is 11.7. The van der Waals surface area contributed by atoms with E-state index in [1.54, 1.807) is 0 Å². The van der Waals surface area contributed by atoms with Gasteiger partial charge in [0.15, 0.2) is 0 Å². The van der Waals surface area contributed by atoms with Gasteiger partial charge in [0.2, 0.25) is 19.0 Å². The Balaban J connectivity index is 0.926. The molecule has 0 atom stereocenters. The van der Waals surface area contributed by atoms with E-state index in [9.17, 15) is 0 Å². The molecule has 0 fully saturated rings. The van der Waals surface area contributed by atoms with Gasteiger partial charge in [0.05, 0.1) is 0 Å². The molecule has 69 heavy (non-hydrogen) atoms. The molecule has 6 nitrogen and oxygen atoms in total. The zero-order valence-electron chi connectivity index (χ0n) is 39.1. The summed E-state index contributed by atoms with van der Waals surface area (Å²) in [7, 11) is 0. The largest absolute Gasteiger partial charge is 0.249 e. The molecule has 0 unspecified atom stereocenters. The van der Waals surface area contributed by atoms with E-state index in [0.717, 1.165) is 19.6 Å². The summed E-state index contributed by atoms with van der Waals surface area (Å²) in [6.07, 6.45) is 20.2. The van der Waals surface area contributed by atoms with Gasteiger partial charge < -0.3 is 0 Å². The fourth-order valence-electron chi connectivity index (χ4n) is 11.3. The Labute approximate surface area is 401 Å². The summed E-state index contributed by atoms with van der Waals surface area (Å²) in [5, 5.41) is 14.9. The van der Waals surface area contributed by atoms with Gasteiger partial charge in [-0.25, -0.2) is 27.4 Å². The first-order chi connectivity index (χ1) is 33.9. The second-order valence-corrected chi connectivity index (χ2v) is 18.8. The van der Waals surface area contributed by atoms with E-state index in [4.69, 9.17) is 0 Å². The van der Waals surface area contributed by atoms with E-state index < -0.39 is 0 Å². The van der Waals surface area contributed by atoms with Crippen LogP contribution in [-0.4, -0.2) is 13.7 Å². The first-order valence-corrected chi connectivity index (χ1v) is 24.0. The highest BCUT2D eigenvalue weighted by Crippen LogP contribution is 2.35. The predicted molar refractivity (Wildman–Crippen MR) is 281 cm³/mol. The molecule has 0 aliphatic rings. The normalized spacial score (nSPS) is 11.9. The Morgan fingerprint density at radius 1 is 0.304 bits per heavy atom.